The maximum Gasteiger partial charge on any atom is 0.249 e. The molecule has 138 valence electrons. The van der Waals surface area contributed by atoms with E-state index in [1.54, 1.807) is 18.3 Å². The van der Waals surface area contributed by atoms with Gasteiger partial charge in [0, 0.05) is 29.9 Å². The lowest BCUT2D eigenvalue weighted by Gasteiger charge is -2.08. The van der Waals surface area contributed by atoms with Crippen molar-refractivity contribution >= 4 is 40.6 Å². The predicted molar refractivity (Wildman–Crippen MR) is 108 cm³/mol. The van der Waals surface area contributed by atoms with Crippen molar-refractivity contribution in [2.75, 3.05) is 22.5 Å². The second kappa shape index (κ2) is 8.95. The van der Waals surface area contributed by atoms with Crippen LogP contribution in [0.5, 0.6) is 0 Å². The van der Waals surface area contributed by atoms with E-state index in [4.69, 9.17) is 11.6 Å². The third-order valence-electron chi connectivity index (χ3n) is 3.65. The maximum atomic E-state index is 11.1. The number of carbonyl (C=O) groups excluding carboxylic acids is 1. The number of nitrogens with zero attached hydrogens (tertiary/aromatic N) is 3. The molecule has 0 saturated carbocycles. The summed E-state index contributed by atoms with van der Waals surface area (Å²) in [7, 11) is 0. The van der Waals surface area contributed by atoms with Crippen molar-refractivity contribution in [3.63, 3.8) is 0 Å². The van der Waals surface area contributed by atoms with Crippen molar-refractivity contribution < 1.29 is 4.79 Å². The zero-order valence-corrected chi connectivity index (χ0v) is 15.5. The van der Waals surface area contributed by atoms with Crippen LogP contribution in [0.15, 0.2) is 54.7 Å². The lowest BCUT2D eigenvalue weighted by Crippen LogP contribution is -2.09. The van der Waals surface area contributed by atoms with E-state index in [9.17, 15) is 4.79 Å². The van der Waals surface area contributed by atoms with Crippen LogP contribution in [0.2, 0.25) is 5.02 Å². The fraction of sp³-hybridized carbons (Fsp3) is 0.158. The predicted octanol–water partition coefficient (Wildman–Crippen LogP) is 3.88. The summed E-state index contributed by atoms with van der Waals surface area (Å²) in [4.78, 5) is 15.4. The third-order valence-corrected chi connectivity index (χ3v) is 3.91. The molecule has 7 nitrogen and oxygen atoms in total. The van der Waals surface area contributed by atoms with Crippen LogP contribution in [-0.2, 0) is 11.2 Å². The number of rotatable bonds is 7. The summed E-state index contributed by atoms with van der Waals surface area (Å²) < 4.78 is 0. The van der Waals surface area contributed by atoms with Gasteiger partial charge in [-0.25, -0.2) is 0 Å². The van der Waals surface area contributed by atoms with Gasteiger partial charge in [0.25, 0.3) is 0 Å². The van der Waals surface area contributed by atoms with Crippen LogP contribution >= 0.6 is 11.6 Å². The van der Waals surface area contributed by atoms with E-state index in [2.05, 4.69) is 31.1 Å². The SMILES string of the molecule is CC(=O)Nc1ccc(Nc2nncc(NCCc3ccc(Cl)cc3)n2)cc1. The maximum absolute atomic E-state index is 11.1. The van der Waals surface area contributed by atoms with Crippen LogP contribution in [0.4, 0.5) is 23.1 Å². The molecule has 1 heterocycles. The van der Waals surface area contributed by atoms with Gasteiger partial charge in [-0.1, -0.05) is 23.7 Å². The van der Waals surface area contributed by atoms with Gasteiger partial charge in [0.2, 0.25) is 11.9 Å². The van der Waals surface area contributed by atoms with Gasteiger partial charge in [-0.2, -0.15) is 10.1 Å². The Labute approximate surface area is 162 Å². The Balaban J connectivity index is 1.55. The minimum atomic E-state index is -0.111. The first kappa shape index (κ1) is 18.6. The Morgan fingerprint density at radius 3 is 2.44 bits per heavy atom. The molecule has 0 aliphatic carbocycles. The Bertz CT molecular complexity index is 899. The highest BCUT2D eigenvalue weighted by Gasteiger charge is 2.03. The topological polar surface area (TPSA) is 91.8 Å². The summed E-state index contributed by atoms with van der Waals surface area (Å²) in [6.07, 6.45) is 2.42. The molecule has 2 aromatic carbocycles. The quantitative estimate of drug-likeness (QED) is 0.574. The standard InChI is InChI=1S/C19H19ClN6O/c1-13(27)23-16-6-8-17(9-7-16)24-19-25-18(12-22-26-19)21-11-10-14-2-4-15(20)5-3-14/h2-9,12H,10-11H2,1H3,(H,23,27)(H2,21,24,25,26). The second-order valence-corrected chi connectivity index (χ2v) is 6.29. The summed E-state index contributed by atoms with van der Waals surface area (Å²) >= 11 is 5.89. The Kier molecular flexibility index (Phi) is 6.17. The molecule has 3 aromatic rings. The number of halogens is 1. The van der Waals surface area contributed by atoms with Crippen molar-refractivity contribution in [3.8, 4) is 0 Å². The monoisotopic (exact) mass is 382 g/mol. The van der Waals surface area contributed by atoms with Crippen LogP contribution in [0.3, 0.4) is 0 Å². The van der Waals surface area contributed by atoms with Crippen LogP contribution < -0.4 is 16.0 Å². The first-order valence-corrected chi connectivity index (χ1v) is 8.79. The summed E-state index contributed by atoms with van der Waals surface area (Å²) in [5, 5.41) is 17.7. The zero-order chi connectivity index (χ0) is 19.1. The zero-order valence-electron chi connectivity index (χ0n) is 14.7. The molecule has 0 fully saturated rings. The van der Waals surface area contributed by atoms with Crippen molar-refractivity contribution in [3.05, 3.63) is 65.3 Å². The summed E-state index contributed by atoms with van der Waals surface area (Å²) in [5.74, 6) is 0.913. The second-order valence-electron chi connectivity index (χ2n) is 5.85. The number of hydrogen-bond acceptors (Lipinski definition) is 6. The molecule has 0 radical (unpaired) electrons. The van der Waals surface area contributed by atoms with Gasteiger partial charge in [-0.15, -0.1) is 5.10 Å². The first-order valence-electron chi connectivity index (χ1n) is 8.41. The molecule has 27 heavy (non-hydrogen) atoms. The molecule has 8 heteroatoms. The Morgan fingerprint density at radius 2 is 1.74 bits per heavy atom. The van der Waals surface area contributed by atoms with Gasteiger partial charge >= 0.3 is 0 Å². The minimum Gasteiger partial charge on any atom is -0.368 e. The average Bonchev–Trinajstić information content (AvgIpc) is 2.65. The molecule has 0 saturated heterocycles. The van der Waals surface area contributed by atoms with E-state index in [1.807, 2.05) is 36.4 Å². The number of hydrogen-bond donors (Lipinski definition) is 3. The number of carbonyl (C=O) groups is 1. The van der Waals surface area contributed by atoms with Crippen molar-refractivity contribution in [1.82, 2.24) is 15.2 Å². The minimum absolute atomic E-state index is 0.111. The summed E-state index contributed by atoms with van der Waals surface area (Å²) in [6, 6.07) is 15.0. The van der Waals surface area contributed by atoms with Gasteiger partial charge in [0.15, 0.2) is 5.82 Å². The molecule has 0 aliphatic heterocycles. The average molecular weight is 383 g/mol. The molecule has 0 aliphatic rings. The van der Waals surface area contributed by atoms with E-state index in [-0.39, 0.29) is 5.91 Å². The Hall–Kier alpha value is -3.19. The number of nitrogens with one attached hydrogen (secondary N) is 3. The molecule has 0 atom stereocenters. The van der Waals surface area contributed by atoms with Gasteiger partial charge in [-0.05, 0) is 48.4 Å². The molecule has 0 unspecified atom stereocenters. The van der Waals surface area contributed by atoms with Gasteiger partial charge in [-0.3, -0.25) is 4.79 Å². The lowest BCUT2D eigenvalue weighted by atomic mass is 10.1. The van der Waals surface area contributed by atoms with Gasteiger partial charge < -0.3 is 16.0 Å². The third kappa shape index (κ3) is 5.93. The normalized spacial score (nSPS) is 10.3. The molecule has 3 rings (SSSR count). The fourth-order valence-electron chi connectivity index (χ4n) is 2.40. The largest absolute Gasteiger partial charge is 0.368 e. The van der Waals surface area contributed by atoms with Crippen LogP contribution in [0.1, 0.15) is 12.5 Å². The Morgan fingerprint density at radius 1 is 1.04 bits per heavy atom. The molecule has 0 bridgehead atoms. The first-order chi connectivity index (χ1) is 13.1. The van der Waals surface area contributed by atoms with E-state index >= 15 is 0 Å². The van der Waals surface area contributed by atoms with Crippen LogP contribution in [0.25, 0.3) is 0 Å². The van der Waals surface area contributed by atoms with Crippen LogP contribution in [-0.4, -0.2) is 27.6 Å². The lowest BCUT2D eigenvalue weighted by molar-refractivity contribution is -0.114. The highest BCUT2D eigenvalue weighted by molar-refractivity contribution is 6.30. The number of anilines is 4. The van der Waals surface area contributed by atoms with Crippen molar-refractivity contribution in [1.29, 1.82) is 0 Å². The van der Waals surface area contributed by atoms with Gasteiger partial charge in [0.05, 0.1) is 6.20 Å². The van der Waals surface area contributed by atoms with E-state index in [1.165, 1.54) is 12.5 Å². The fourth-order valence-corrected chi connectivity index (χ4v) is 2.52. The molecule has 3 N–H and O–H groups in total. The molecular weight excluding hydrogens is 364 g/mol. The summed E-state index contributed by atoms with van der Waals surface area (Å²) in [6.45, 7) is 2.18. The highest BCUT2D eigenvalue weighted by Crippen LogP contribution is 2.17. The van der Waals surface area contributed by atoms with Crippen LogP contribution in [0, 0.1) is 0 Å². The van der Waals surface area contributed by atoms with Crippen molar-refractivity contribution in [2.45, 2.75) is 13.3 Å². The smallest absolute Gasteiger partial charge is 0.249 e. The van der Waals surface area contributed by atoms with E-state index in [0.717, 1.165) is 22.8 Å². The summed E-state index contributed by atoms with van der Waals surface area (Å²) in [5.41, 5.74) is 2.71. The van der Waals surface area contributed by atoms with E-state index < -0.39 is 0 Å². The molecule has 0 spiro atoms. The van der Waals surface area contributed by atoms with Gasteiger partial charge in [0.1, 0.15) is 0 Å². The number of benzene rings is 2. The molecule has 1 aromatic heterocycles. The van der Waals surface area contributed by atoms with E-state index in [0.29, 0.717) is 18.3 Å². The van der Waals surface area contributed by atoms with Crippen molar-refractivity contribution in [2.24, 2.45) is 0 Å². The molecule has 1 amide bonds. The highest BCUT2D eigenvalue weighted by atomic mass is 35.5. The number of aromatic nitrogens is 3. The molecular formula is C19H19ClN6O. The number of amides is 1.